The summed E-state index contributed by atoms with van der Waals surface area (Å²) in [6, 6.07) is 17.7. The number of carbonyl (C=O) groups is 2. The van der Waals surface area contributed by atoms with Crippen LogP contribution in [0.4, 0.5) is 5.69 Å². The molecule has 2 atom stereocenters. The molecule has 3 aromatic rings. The number of carbonyl (C=O) groups excluding carboxylic acids is 2. The first kappa shape index (κ1) is 33.4. The predicted octanol–water partition coefficient (Wildman–Crippen LogP) is 6.78. The molecule has 0 aromatic heterocycles. The molecule has 42 heavy (non-hydrogen) atoms. The first-order chi connectivity index (χ1) is 19.9. The van der Waals surface area contributed by atoms with Gasteiger partial charge in [0.2, 0.25) is 11.8 Å². The van der Waals surface area contributed by atoms with E-state index in [4.69, 9.17) is 23.2 Å². The second-order valence-corrected chi connectivity index (χ2v) is 13.0. The van der Waals surface area contributed by atoms with Crippen LogP contribution in [0.1, 0.15) is 57.2 Å². The number of hydrogen-bond acceptors (Lipinski definition) is 4. The third kappa shape index (κ3) is 8.06. The second-order valence-electron chi connectivity index (χ2n) is 10.3. The number of amides is 2. The first-order valence-corrected chi connectivity index (χ1v) is 16.3. The van der Waals surface area contributed by atoms with Crippen molar-refractivity contribution in [2.45, 2.75) is 77.4 Å². The van der Waals surface area contributed by atoms with E-state index in [1.54, 1.807) is 54.6 Å². The van der Waals surface area contributed by atoms with Gasteiger partial charge in [-0.05, 0) is 74.6 Å². The molecule has 0 spiro atoms. The van der Waals surface area contributed by atoms with Gasteiger partial charge in [-0.25, -0.2) is 8.42 Å². The smallest absolute Gasteiger partial charge is 0.264 e. The molecule has 3 aromatic carbocycles. The number of para-hydroxylation sites is 1. The van der Waals surface area contributed by atoms with Crippen molar-refractivity contribution < 1.29 is 18.0 Å². The van der Waals surface area contributed by atoms with Gasteiger partial charge in [-0.1, -0.05) is 85.9 Å². The molecule has 0 saturated carbocycles. The van der Waals surface area contributed by atoms with Crippen molar-refractivity contribution in [3.63, 3.8) is 0 Å². The molecule has 0 unspecified atom stereocenters. The molecule has 0 aliphatic heterocycles. The van der Waals surface area contributed by atoms with Crippen molar-refractivity contribution in [1.29, 1.82) is 0 Å². The molecule has 7 nitrogen and oxygen atoms in total. The van der Waals surface area contributed by atoms with Crippen molar-refractivity contribution in [2.75, 3.05) is 10.8 Å². The normalized spacial score (nSPS) is 12.8. The molecule has 0 aliphatic rings. The highest BCUT2D eigenvalue weighted by molar-refractivity contribution is 7.92. The zero-order chi connectivity index (χ0) is 31.0. The van der Waals surface area contributed by atoms with E-state index in [0.717, 1.165) is 21.9 Å². The lowest BCUT2D eigenvalue weighted by Gasteiger charge is -2.34. The summed E-state index contributed by atoms with van der Waals surface area (Å²) in [5.74, 6) is -0.823. The van der Waals surface area contributed by atoms with Gasteiger partial charge in [0.25, 0.3) is 10.0 Å². The number of benzene rings is 3. The lowest BCUT2D eigenvalue weighted by Crippen LogP contribution is -2.53. The summed E-state index contributed by atoms with van der Waals surface area (Å²) in [5, 5.41) is 3.66. The summed E-state index contributed by atoms with van der Waals surface area (Å²) in [5.41, 5.74) is 2.77. The Hall–Kier alpha value is -3.07. The quantitative estimate of drug-likeness (QED) is 0.225. The van der Waals surface area contributed by atoms with E-state index in [1.807, 2.05) is 46.8 Å². The van der Waals surface area contributed by atoms with Crippen LogP contribution in [-0.2, 0) is 32.6 Å². The molecule has 0 radical (unpaired) electrons. The van der Waals surface area contributed by atoms with Gasteiger partial charge < -0.3 is 10.2 Å². The molecule has 10 heteroatoms. The van der Waals surface area contributed by atoms with Crippen LogP contribution < -0.4 is 9.62 Å². The Morgan fingerprint density at radius 1 is 0.905 bits per heavy atom. The number of hydrogen-bond donors (Lipinski definition) is 1. The number of anilines is 1. The van der Waals surface area contributed by atoms with Gasteiger partial charge in [0.15, 0.2) is 0 Å². The maximum absolute atomic E-state index is 14.3. The van der Waals surface area contributed by atoms with Crippen LogP contribution >= 0.6 is 23.2 Å². The highest BCUT2D eigenvalue weighted by Gasteiger charge is 2.34. The second kappa shape index (κ2) is 14.9. The molecule has 0 heterocycles. The fraction of sp³-hybridized carbons (Fsp3) is 0.375. The number of nitrogens with zero attached hydrogens (tertiary/aromatic N) is 2. The Balaban J connectivity index is 2.11. The average Bonchev–Trinajstić information content (AvgIpc) is 2.97. The van der Waals surface area contributed by atoms with Gasteiger partial charge in [-0.3, -0.25) is 13.9 Å². The summed E-state index contributed by atoms with van der Waals surface area (Å²) < 4.78 is 29.4. The molecular weight excluding hydrogens is 593 g/mol. The van der Waals surface area contributed by atoms with Crippen molar-refractivity contribution in [2.24, 2.45) is 0 Å². The number of halogens is 2. The molecule has 0 saturated heterocycles. The van der Waals surface area contributed by atoms with Gasteiger partial charge in [0.1, 0.15) is 12.6 Å². The Morgan fingerprint density at radius 2 is 1.57 bits per heavy atom. The lowest BCUT2D eigenvalue weighted by molar-refractivity contribution is -0.140. The fourth-order valence-electron chi connectivity index (χ4n) is 4.60. The molecular formula is C32H39Cl2N3O4S. The standard InChI is InChI=1S/C32H39Cl2N3O4S/c1-6-23(5)35-32(39)29(8-3)36(20-24-15-18-27(33)28(34)19-24)31(38)21-37(30-12-10-9-11-25(30)7-2)42(40,41)26-16-13-22(4)14-17-26/h9-19,23,29H,6-8,20-21H2,1-5H3,(H,35,39)/t23-,29-/m0/s1. The van der Waals surface area contributed by atoms with Gasteiger partial charge in [-0.15, -0.1) is 0 Å². The minimum Gasteiger partial charge on any atom is -0.352 e. The Bertz CT molecular complexity index is 1500. The summed E-state index contributed by atoms with van der Waals surface area (Å²) in [6.45, 7) is 9.03. The Labute approximate surface area is 259 Å². The van der Waals surface area contributed by atoms with Crippen molar-refractivity contribution in [3.8, 4) is 0 Å². The van der Waals surface area contributed by atoms with Gasteiger partial charge in [-0.2, -0.15) is 0 Å². The van der Waals surface area contributed by atoms with Crippen LogP contribution in [0, 0.1) is 6.92 Å². The maximum atomic E-state index is 14.3. The molecule has 0 bridgehead atoms. The van der Waals surface area contributed by atoms with Crippen molar-refractivity contribution in [3.05, 3.63) is 93.5 Å². The summed E-state index contributed by atoms with van der Waals surface area (Å²) in [4.78, 5) is 29.2. The number of aryl methyl sites for hydroxylation is 2. The van der Waals surface area contributed by atoms with Gasteiger partial charge in [0.05, 0.1) is 20.6 Å². The third-order valence-electron chi connectivity index (χ3n) is 7.25. The van der Waals surface area contributed by atoms with E-state index >= 15 is 0 Å². The monoisotopic (exact) mass is 631 g/mol. The zero-order valence-electron chi connectivity index (χ0n) is 24.7. The maximum Gasteiger partial charge on any atom is 0.264 e. The SMILES string of the molecule is CCc1ccccc1N(CC(=O)N(Cc1ccc(Cl)c(Cl)c1)[C@@H](CC)C(=O)N[C@@H](C)CC)S(=O)(=O)c1ccc(C)cc1. The number of sulfonamides is 1. The average molecular weight is 633 g/mol. The summed E-state index contributed by atoms with van der Waals surface area (Å²) >= 11 is 12.4. The van der Waals surface area contributed by atoms with Crippen LogP contribution in [0.3, 0.4) is 0 Å². The van der Waals surface area contributed by atoms with Crippen LogP contribution in [0.5, 0.6) is 0 Å². The van der Waals surface area contributed by atoms with E-state index in [-0.39, 0.29) is 23.4 Å². The molecule has 226 valence electrons. The van der Waals surface area contributed by atoms with Gasteiger partial charge in [0, 0.05) is 12.6 Å². The molecule has 2 amide bonds. The van der Waals surface area contributed by atoms with E-state index in [2.05, 4.69) is 5.32 Å². The van der Waals surface area contributed by atoms with Crippen LogP contribution in [0.15, 0.2) is 71.6 Å². The first-order valence-electron chi connectivity index (χ1n) is 14.1. The largest absolute Gasteiger partial charge is 0.352 e. The van der Waals surface area contributed by atoms with Gasteiger partial charge >= 0.3 is 0 Å². The third-order valence-corrected chi connectivity index (χ3v) is 9.77. The van der Waals surface area contributed by atoms with Crippen LogP contribution in [-0.4, -0.2) is 43.8 Å². The molecule has 3 rings (SSSR count). The number of rotatable bonds is 13. The van der Waals surface area contributed by atoms with E-state index in [9.17, 15) is 18.0 Å². The van der Waals surface area contributed by atoms with E-state index in [1.165, 1.54) is 4.90 Å². The minimum absolute atomic E-state index is 0.0377. The highest BCUT2D eigenvalue weighted by atomic mass is 35.5. The van der Waals surface area contributed by atoms with E-state index in [0.29, 0.717) is 34.1 Å². The van der Waals surface area contributed by atoms with Crippen LogP contribution in [0.25, 0.3) is 0 Å². The molecule has 0 aliphatic carbocycles. The predicted molar refractivity (Wildman–Crippen MR) is 171 cm³/mol. The number of nitrogens with one attached hydrogen (secondary N) is 1. The van der Waals surface area contributed by atoms with Crippen LogP contribution in [0.2, 0.25) is 10.0 Å². The molecule has 0 fully saturated rings. The summed E-state index contributed by atoms with van der Waals surface area (Å²) in [6.07, 6.45) is 1.61. The Kier molecular flexibility index (Phi) is 11.9. The summed E-state index contributed by atoms with van der Waals surface area (Å²) in [7, 11) is -4.15. The minimum atomic E-state index is -4.15. The highest BCUT2D eigenvalue weighted by Crippen LogP contribution is 2.29. The van der Waals surface area contributed by atoms with Crippen molar-refractivity contribution >= 4 is 50.7 Å². The lowest BCUT2D eigenvalue weighted by atomic mass is 10.1. The fourth-order valence-corrected chi connectivity index (χ4v) is 6.37. The Morgan fingerprint density at radius 3 is 2.17 bits per heavy atom. The topological polar surface area (TPSA) is 86.8 Å². The zero-order valence-corrected chi connectivity index (χ0v) is 27.1. The van der Waals surface area contributed by atoms with Crippen molar-refractivity contribution in [1.82, 2.24) is 10.2 Å². The van der Waals surface area contributed by atoms with E-state index < -0.39 is 28.5 Å². The molecule has 1 N–H and O–H groups in total.